The summed E-state index contributed by atoms with van der Waals surface area (Å²) in [6.45, 7) is 4.07. The van der Waals surface area contributed by atoms with Gasteiger partial charge in [0.15, 0.2) is 6.29 Å². The molecule has 17 heavy (non-hydrogen) atoms. The zero-order chi connectivity index (χ0) is 12.6. The van der Waals surface area contributed by atoms with Gasteiger partial charge in [-0.2, -0.15) is 5.26 Å². The number of allylic oxidation sites excluding steroid dienone is 2. The van der Waals surface area contributed by atoms with Gasteiger partial charge in [0.05, 0.1) is 0 Å². The van der Waals surface area contributed by atoms with Crippen LogP contribution in [0.2, 0.25) is 0 Å². The SMILES string of the molecule is CN1C(=C(C#N)C=O)C(C)(C)c2ccccc21. The van der Waals surface area contributed by atoms with Crippen molar-refractivity contribution in [2.45, 2.75) is 19.3 Å². The number of rotatable bonds is 1. The van der Waals surface area contributed by atoms with Crippen LogP contribution in [0.25, 0.3) is 0 Å². The van der Waals surface area contributed by atoms with E-state index in [9.17, 15) is 4.79 Å². The van der Waals surface area contributed by atoms with Crippen molar-refractivity contribution in [2.24, 2.45) is 0 Å². The fourth-order valence-electron chi connectivity index (χ4n) is 2.61. The molecule has 1 aliphatic rings. The Morgan fingerprint density at radius 3 is 2.59 bits per heavy atom. The van der Waals surface area contributed by atoms with Crippen LogP contribution >= 0.6 is 0 Å². The van der Waals surface area contributed by atoms with Crippen LogP contribution < -0.4 is 4.90 Å². The van der Waals surface area contributed by atoms with Crippen molar-refractivity contribution in [1.82, 2.24) is 0 Å². The minimum Gasteiger partial charge on any atom is -0.346 e. The van der Waals surface area contributed by atoms with Crippen LogP contribution in [0.4, 0.5) is 5.69 Å². The Morgan fingerprint density at radius 2 is 2.06 bits per heavy atom. The van der Waals surface area contributed by atoms with Gasteiger partial charge in [0.2, 0.25) is 0 Å². The summed E-state index contributed by atoms with van der Waals surface area (Å²) in [6.07, 6.45) is 0.638. The van der Waals surface area contributed by atoms with Crippen molar-refractivity contribution in [1.29, 1.82) is 5.26 Å². The number of hydrogen-bond donors (Lipinski definition) is 0. The number of para-hydroxylation sites is 1. The van der Waals surface area contributed by atoms with E-state index in [1.165, 1.54) is 0 Å². The van der Waals surface area contributed by atoms with Crippen molar-refractivity contribution in [3.8, 4) is 6.07 Å². The number of aldehydes is 1. The van der Waals surface area contributed by atoms with Crippen LogP contribution in [0.1, 0.15) is 19.4 Å². The van der Waals surface area contributed by atoms with Crippen LogP contribution in [0, 0.1) is 11.3 Å². The van der Waals surface area contributed by atoms with Gasteiger partial charge in [0.1, 0.15) is 11.6 Å². The van der Waals surface area contributed by atoms with E-state index in [0.29, 0.717) is 6.29 Å². The molecule has 0 saturated heterocycles. The molecule has 0 aromatic heterocycles. The number of fused-ring (bicyclic) bond motifs is 1. The number of nitrogens with zero attached hydrogens (tertiary/aromatic N) is 2. The first-order chi connectivity index (χ1) is 8.04. The largest absolute Gasteiger partial charge is 0.346 e. The predicted molar refractivity (Wildman–Crippen MR) is 66.6 cm³/mol. The molecule has 0 amide bonds. The van der Waals surface area contributed by atoms with Crippen LogP contribution in [-0.2, 0) is 10.2 Å². The number of carbonyl (C=O) groups excluding carboxylic acids is 1. The van der Waals surface area contributed by atoms with Gasteiger partial charge in [0, 0.05) is 23.8 Å². The minimum absolute atomic E-state index is 0.203. The molecule has 0 aliphatic carbocycles. The van der Waals surface area contributed by atoms with Crippen molar-refractivity contribution in [3.63, 3.8) is 0 Å². The van der Waals surface area contributed by atoms with Gasteiger partial charge in [-0.15, -0.1) is 0 Å². The quantitative estimate of drug-likeness (QED) is 0.419. The minimum atomic E-state index is -0.308. The summed E-state index contributed by atoms with van der Waals surface area (Å²) >= 11 is 0. The Labute approximate surface area is 101 Å². The maximum Gasteiger partial charge on any atom is 0.162 e. The van der Waals surface area contributed by atoms with Gasteiger partial charge >= 0.3 is 0 Å². The molecule has 86 valence electrons. The third-order valence-electron chi connectivity index (χ3n) is 3.36. The van der Waals surface area contributed by atoms with E-state index in [1.54, 1.807) is 0 Å². The lowest BCUT2D eigenvalue weighted by atomic mass is 9.82. The van der Waals surface area contributed by atoms with E-state index in [1.807, 2.05) is 56.1 Å². The highest BCUT2D eigenvalue weighted by atomic mass is 16.1. The molecule has 3 nitrogen and oxygen atoms in total. The Kier molecular flexibility index (Phi) is 2.51. The van der Waals surface area contributed by atoms with Gasteiger partial charge in [-0.3, -0.25) is 4.79 Å². The molecule has 0 saturated carbocycles. The lowest BCUT2D eigenvalue weighted by Gasteiger charge is -2.24. The summed E-state index contributed by atoms with van der Waals surface area (Å²) in [5, 5.41) is 9.05. The second-order valence-electron chi connectivity index (χ2n) is 4.69. The van der Waals surface area contributed by atoms with Gasteiger partial charge < -0.3 is 4.90 Å². The van der Waals surface area contributed by atoms with Crippen molar-refractivity contribution in [3.05, 3.63) is 41.1 Å². The zero-order valence-corrected chi connectivity index (χ0v) is 10.2. The maximum absolute atomic E-state index is 11.0. The van der Waals surface area contributed by atoms with E-state index in [4.69, 9.17) is 5.26 Å². The summed E-state index contributed by atoms with van der Waals surface area (Å²) in [4.78, 5) is 12.9. The van der Waals surface area contributed by atoms with Crippen LogP contribution in [0.15, 0.2) is 35.5 Å². The Hall–Kier alpha value is -2.08. The molecular formula is C14H14N2O. The molecule has 0 N–H and O–H groups in total. The molecule has 0 radical (unpaired) electrons. The molecule has 1 aromatic carbocycles. The number of benzene rings is 1. The van der Waals surface area contributed by atoms with Gasteiger partial charge in [-0.05, 0) is 11.6 Å². The normalized spacial score (nSPS) is 19.5. The fourth-order valence-corrected chi connectivity index (χ4v) is 2.61. The van der Waals surface area contributed by atoms with Gasteiger partial charge in [0.25, 0.3) is 0 Å². The molecule has 1 heterocycles. The van der Waals surface area contributed by atoms with Crippen molar-refractivity contribution < 1.29 is 4.79 Å². The predicted octanol–water partition coefficient (Wildman–Crippen LogP) is 2.39. The van der Waals surface area contributed by atoms with E-state index >= 15 is 0 Å². The molecule has 0 spiro atoms. The Morgan fingerprint density at radius 1 is 1.41 bits per heavy atom. The molecule has 0 bridgehead atoms. The van der Waals surface area contributed by atoms with E-state index in [-0.39, 0.29) is 11.0 Å². The first kappa shape index (κ1) is 11.4. The molecule has 1 aromatic rings. The molecular weight excluding hydrogens is 212 g/mol. The Balaban J connectivity index is 2.75. The van der Waals surface area contributed by atoms with Crippen LogP contribution in [0.5, 0.6) is 0 Å². The van der Waals surface area contributed by atoms with Gasteiger partial charge in [-0.1, -0.05) is 32.0 Å². The number of anilines is 1. The third-order valence-corrected chi connectivity index (χ3v) is 3.36. The lowest BCUT2D eigenvalue weighted by Crippen LogP contribution is -2.25. The molecule has 0 unspecified atom stereocenters. The summed E-state index contributed by atoms with van der Waals surface area (Å²) in [7, 11) is 1.89. The monoisotopic (exact) mass is 226 g/mol. The highest BCUT2D eigenvalue weighted by molar-refractivity contribution is 5.85. The fraction of sp³-hybridized carbons (Fsp3) is 0.286. The smallest absolute Gasteiger partial charge is 0.162 e. The first-order valence-electron chi connectivity index (χ1n) is 5.47. The highest BCUT2D eigenvalue weighted by Crippen LogP contribution is 2.47. The van der Waals surface area contributed by atoms with Crippen molar-refractivity contribution >= 4 is 12.0 Å². The molecule has 0 fully saturated rings. The summed E-state index contributed by atoms with van der Waals surface area (Å²) in [5.41, 5.74) is 2.87. The molecule has 2 rings (SSSR count). The maximum atomic E-state index is 11.0. The third kappa shape index (κ3) is 1.45. The second kappa shape index (κ2) is 3.74. The summed E-state index contributed by atoms with van der Waals surface area (Å²) < 4.78 is 0. The zero-order valence-electron chi connectivity index (χ0n) is 10.2. The highest BCUT2D eigenvalue weighted by Gasteiger charge is 2.40. The number of carbonyl (C=O) groups is 1. The van der Waals surface area contributed by atoms with E-state index in [2.05, 4.69) is 0 Å². The van der Waals surface area contributed by atoms with Crippen LogP contribution in [0.3, 0.4) is 0 Å². The topological polar surface area (TPSA) is 44.1 Å². The standard InChI is InChI=1S/C14H14N2O/c1-14(2)11-6-4-5-7-12(11)16(3)13(14)10(8-15)9-17/h4-7,9H,1-3H3. The van der Waals surface area contributed by atoms with E-state index in [0.717, 1.165) is 16.9 Å². The van der Waals surface area contributed by atoms with E-state index < -0.39 is 0 Å². The van der Waals surface area contributed by atoms with Gasteiger partial charge in [-0.25, -0.2) is 0 Å². The molecule has 1 aliphatic heterocycles. The first-order valence-corrected chi connectivity index (χ1v) is 5.47. The summed E-state index contributed by atoms with van der Waals surface area (Å²) in [6, 6.07) is 9.96. The average molecular weight is 226 g/mol. The number of nitriles is 1. The summed E-state index contributed by atoms with van der Waals surface area (Å²) in [5.74, 6) is 0. The average Bonchev–Trinajstić information content (AvgIpc) is 2.53. The number of hydrogen-bond acceptors (Lipinski definition) is 3. The molecule has 0 atom stereocenters. The molecule has 3 heteroatoms. The number of likely N-dealkylation sites (N-methyl/N-ethyl adjacent to an activating group) is 1. The lowest BCUT2D eigenvalue weighted by molar-refractivity contribution is -0.104. The Bertz CT molecular complexity index is 550. The van der Waals surface area contributed by atoms with Crippen molar-refractivity contribution in [2.75, 3.05) is 11.9 Å². The van der Waals surface area contributed by atoms with Crippen LogP contribution in [-0.4, -0.2) is 13.3 Å². The second-order valence-corrected chi connectivity index (χ2v) is 4.69.